The average Bonchev–Trinajstić information content (AvgIpc) is 2.92. The molecule has 1 aromatic rings. The maximum absolute atomic E-state index is 11.6. The molecule has 0 radical (unpaired) electrons. The van der Waals surface area contributed by atoms with E-state index >= 15 is 0 Å². The summed E-state index contributed by atoms with van der Waals surface area (Å²) in [6.45, 7) is 1.12. The van der Waals surface area contributed by atoms with Gasteiger partial charge in [-0.2, -0.15) is 0 Å². The fraction of sp³-hybridized carbons (Fsp3) is 0.429. The zero-order valence-corrected chi connectivity index (χ0v) is 13.1. The van der Waals surface area contributed by atoms with Crippen molar-refractivity contribution in [1.82, 2.24) is 10.4 Å². The molecule has 0 saturated carbocycles. The Hall–Kier alpha value is -1.93. The first kappa shape index (κ1) is 16.4. The van der Waals surface area contributed by atoms with Gasteiger partial charge in [-0.15, -0.1) is 11.8 Å². The third-order valence-corrected chi connectivity index (χ3v) is 4.24. The number of carbonyl (C=O) groups excluding carboxylic acids is 2. The van der Waals surface area contributed by atoms with Crippen molar-refractivity contribution in [1.29, 1.82) is 0 Å². The van der Waals surface area contributed by atoms with Crippen molar-refractivity contribution in [3.8, 4) is 11.5 Å². The van der Waals surface area contributed by atoms with Crippen LogP contribution in [0.3, 0.4) is 0 Å². The first-order valence-corrected chi connectivity index (χ1v) is 7.86. The second-order valence-corrected chi connectivity index (χ2v) is 5.97. The van der Waals surface area contributed by atoms with Crippen LogP contribution in [-0.4, -0.2) is 48.2 Å². The van der Waals surface area contributed by atoms with Crippen LogP contribution >= 0.6 is 11.8 Å². The monoisotopic (exact) mass is 325 g/mol. The predicted octanol–water partition coefficient (Wildman–Crippen LogP) is 0.356. The summed E-state index contributed by atoms with van der Waals surface area (Å²) in [6, 6.07) is 7.30. The molecule has 3 N–H and O–H groups in total. The fourth-order valence-corrected chi connectivity index (χ4v) is 3.06. The van der Waals surface area contributed by atoms with E-state index in [1.807, 2.05) is 24.3 Å². The highest BCUT2D eigenvalue weighted by Gasteiger charge is 2.27. The van der Waals surface area contributed by atoms with Gasteiger partial charge in [-0.25, -0.2) is 5.01 Å². The Balaban J connectivity index is 1.82. The minimum atomic E-state index is -0.643. The number of benzene rings is 1. The molecule has 1 saturated heterocycles. The maximum atomic E-state index is 11.6. The molecule has 120 valence electrons. The highest BCUT2D eigenvalue weighted by Crippen LogP contribution is 2.24. The Morgan fingerprint density at radius 2 is 2.05 bits per heavy atom. The maximum Gasteiger partial charge on any atom is 0.243 e. The lowest BCUT2D eigenvalue weighted by Crippen LogP contribution is -2.47. The number of hydrogen-bond donors (Lipinski definition) is 2. The number of primary amides is 1. The molecule has 1 atom stereocenters. The van der Waals surface area contributed by atoms with Gasteiger partial charge in [0.05, 0.1) is 7.11 Å². The van der Waals surface area contributed by atoms with Crippen molar-refractivity contribution in [3.05, 3.63) is 24.3 Å². The Kier molecular flexibility index (Phi) is 5.91. The summed E-state index contributed by atoms with van der Waals surface area (Å²) in [5, 5.41) is 1.78. The summed E-state index contributed by atoms with van der Waals surface area (Å²) in [7, 11) is 1.61. The summed E-state index contributed by atoms with van der Waals surface area (Å²) < 4.78 is 10.8. The summed E-state index contributed by atoms with van der Waals surface area (Å²) in [4.78, 5) is 22.3. The zero-order valence-electron chi connectivity index (χ0n) is 12.3. The predicted molar refractivity (Wildman–Crippen MR) is 83.4 cm³/mol. The molecule has 0 bridgehead atoms. The Labute approximate surface area is 133 Å². The standard InChI is InChI=1S/C14H19N3O4S/c1-20-10-2-4-11(5-3-10)21-9-14-17(6-7-22-14)16-13(19)8-12(15)18/h2-5,14H,6-9H2,1H3,(H2,15,18)(H,16,19). The average molecular weight is 325 g/mol. The summed E-state index contributed by atoms with van der Waals surface area (Å²) in [6.07, 6.45) is -0.312. The number of thioether (sulfide) groups is 1. The number of carbonyl (C=O) groups is 2. The number of rotatable bonds is 7. The molecule has 0 aromatic heterocycles. The van der Waals surface area contributed by atoms with Gasteiger partial charge in [-0.3, -0.25) is 15.0 Å². The first-order chi connectivity index (χ1) is 10.6. The molecule has 22 heavy (non-hydrogen) atoms. The van der Waals surface area contributed by atoms with Crippen LogP contribution in [0.15, 0.2) is 24.3 Å². The van der Waals surface area contributed by atoms with Crippen LogP contribution in [0.25, 0.3) is 0 Å². The largest absolute Gasteiger partial charge is 0.497 e. The molecule has 8 heteroatoms. The number of hydrogen-bond acceptors (Lipinski definition) is 6. The summed E-state index contributed by atoms with van der Waals surface area (Å²) in [5.74, 6) is 1.34. The molecular weight excluding hydrogens is 306 g/mol. The molecule has 1 unspecified atom stereocenters. The molecule has 2 rings (SSSR count). The Morgan fingerprint density at radius 3 is 2.68 bits per heavy atom. The van der Waals surface area contributed by atoms with Crippen molar-refractivity contribution in [3.63, 3.8) is 0 Å². The van der Waals surface area contributed by atoms with Crippen molar-refractivity contribution in [2.45, 2.75) is 11.8 Å². The fourth-order valence-electron chi connectivity index (χ4n) is 1.98. The van der Waals surface area contributed by atoms with E-state index in [1.165, 1.54) is 0 Å². The second-order valence-electron chi connectivity index (χ2n) is 4.68. The van der Waals surface area contributed by atoms with E-state index in [0.29, 0.717) is 13.2 Å². The summed E-state index contributed by atoms with van der Waals surface area (Å²) >= 11 is 1.68. The van der Waals surface area contributed by atoms with Gasteiger partial charge in [0.2, 0.25) is 11.8 Å². The van der Waals surface area contributed by atoms with Crippen molar-refractivity contribution >= 4 is 23.6 Å². The number of nitrogens with two attached hydrogens (primary N) is 1. The molecule has 1 aliphatic rings. The van der Waals surface area contributed by atoms with Crippen LogP contribution in [0.4, 0.5) is 0 Å². The smallest absolute Gasteiger partial charge is 0.243 e. The van der Waals surface area contributed by atoms with Gasteiger partial charge < -0.3 is 15.2 Å². The van der Waals surface area contributed by atoms with Crippen LogP contribution in [0.2, 0.25) is 0 Å². The van der Waals surface area contributed by atoms with Gasteiger partial charge in [-0.1, -0.05) is 0 Å². The molecule has 7 nitrogen and oxygen atoms in total. The molecule has 0 aliphatic carbocycles. The highest BCUT2D eigenvalue weighted by atomic mass is 32.2. The molecule has 1 aliphatic heterocycles. The van der Waals surface area contributed by atoms with Crippen LogP contribution in [0.5, 0.6) is 11.5 Å². The van der Waals surface area contributed by atoms with Crippen LogP contribution in [-0.2, 0) is 9.59 Å². The van der Waals surface area contributed by atoms with E-state index in [1.54, 1.807) is 23.9 Å². The van der Waals surface area contributed by atoms with Crippen LogP contribution in [0.1, 0.15) is 6.42 Å². The van der Waals surface area contributed by atoms with E-state index in [2.05, 4.69) is 5.43 Å². The van der Waals surface area contributed by atoms with Crippen molar-refractivity contribution in [2.24, 2.45) is 5.73 Å². The Morgan fingerprint density at radius 1 is 1.36 bits per heavy atom. The van der Waals surface area contributed by atoms with E-state index in [-0.39, 0.29) is 11.8 Å². The van der Waals surface area contributed by atoms with Crippen LogP contribution in [0, 0.1) is 0 Å². The molecule has 1 fully saturated rings. The minimum absolute atomic E-state index is 0.000992. The minimum Gasteiger partial charge on any atom is -0.497 e. The lowest BCUT2D eigenvalue weighted by molar-refractivity contribution is -0.131. The molecule has 1 heterocycles. The number of nitrogens with zero attached hydrogens (tertiary/aromatic N) is 1. The topological polar surface area (TPSA) is 93.9 Å². The molecule has 0 spiro atoms. The van der Waals surface area contributed by atoms with Gasteiger partial charge in [0.25, 0.3) is 0 Å². The van der Waals surface area contributed by atoms with Gasteiger partial charge in [-0.05, 0) is 24.3 Å². The molecular formula is C14H19N3O4S. The normalized spacial score (nSPS) is 18.0. The van der Waals surface area contributed by atoms with Gasteiger partial charge >= 0.3 is 0 Å². The Bertz CT molecular complexity index is 523. The van der Waals surface area contributed by atoms with E-state index in [9.17, 15) is 9.59 Å². The third-order valence-electron chi connectivity index (χ3n) is 3.05. The number of nitrogens with one attached hydrogen (secondary N) is 1. The van der Waals surface area contributed by atoms with Crippen molar-refractivity contribution in [2.75, 3.05) is 26.0 Å². The number of amides is 2. The summed E-state index contributed by atoms with van der Waals surface area (Å²) in [5.41, 5.74) is 7.69. The SMILES string of the molecule is COc1ccc(OCC2SCCN2NC(=O)CC(N)=O)cc1. The number of ether oxygens (including phenoxy) is 2. The quantitative estimate of drug-likeness (QED) is 0.703. The van der Waals surface area contributed by atoms with Crippen LogP contribution < -0.4 is 20.6 Å². The van der Waals surface area contributed by atoms with Gasteiger partial charge in [0.1, 0.15) is 29.9 Å². The lowest BCUT2D eigenvalue weighted by atomic mass is 10.3. The van der Waals surface area contributed by atoms with Gasteiger partial charge in [0, 0.05) is 12.3 Å². The van der Waals surface area contributed by atoms with E-state index in [0.717, 1.165) is 17.3 Å². The highest BCUT2D eigenvalue weighted by molar-refractivity contribution is 8.00. The van der Waals surface area contributed by atoms with E-state index in [4.69, 9.17) is 15.2 Å². The van der Waals surface area contributed by atoms with E-state index < -0.39 is 11.8 Å². The molecule has 1 aromatic carbocycles. The number of methoxy groups -OCH3 is 1. The first-order valence-electron chi connectivity index (χ1n) is 6.81. The zero-order chi connectivity index (χ0) is 15.9. The van der Waals surface area contributed by atoms with Crippen molar-refractivity contribution < 1.29 is 19.1 Å². The number of hydrazine groups is 1. The molecule has 2 amide bonds. The lowest BCUT2D eigenvalue weighted by Gasteiger charge is -2.24. The second kappa shape index (κ2) is 7.90. The van der Waals surface area contributed by atoms with Gasteiger partial charge in [0.15, 0.2) is 0 Å². The third kappa shape index (κ3) is 4.81.